The van der Waals surface area contributed by atoms with Crippen molar-refractivity contribution in [2.24, 2.45) is 0 Å². The zero-order valence-electron chi connectivity index (χ0n) is 21.3. The molecule has 1 heterocycles. The lowest BCUT2D eigenvalue weighted by Crippen LogP contribution is -2.06. The molecular formula is C31H40N2S. The smallest absolute Gasteiger partial charge is 0.133 e. The summed E-state index contributed by atoms with van der Waals surface area (Å²) >= 11 is 0. The predicted octanol–water partition coefficient (Wildman–Crippen LogP) is 8.10. The van der Waals surface area contributed by atoms with Gasteiger partial charge in [0.15, 0.2) is 0 Å². The van der Waals surface area contributed by atoms with Crippen LogP contribution in [-0.4, -0.2) is 22.9 Å². The summed E-state index contributed by atoms with van der Waals surface area (Å²) in [6, 6.07) is 21.0. The quantitative estimate of drug-likeness (QED) is 0.238. The Balaban J connectivity index is 0.000000310. The Morgan fingerprint density at radius 1 is 1.00 bits per heavy atom. The van der Waals surface area contributed by atoms with Gasteiger partial charge in [-0.25, -0.2) is 4.98 Å². The van der Waals surface area contributed by atoms with Gasteiger partial charge >= 0.3 is 0 Å². The lowest BCUT2D eigenvalue weighted by Gasteiger charge is -2.15. The van der Waals surface area contributed by atoms with E-state index in [1.54, 1.807) is 0 Å². The van der Waals surface area contributed by atoms with E-state index in [-0.39, 0.29) is 0 Å². The van der Waals surface area contributed by atoms with Crippen molar-refractivity contribution in [1.29, 1.82) is 0 Å². The first-order valence-electron chi connectivity index (χ1n) is 12.1. The second kappa shape index (κ2) is 15.1. The molecule has 180 valence electrons. The lowest BCUT2D eigenvalue weighted by molar-refractivity contribution is 0.892. The van der Waals surface area contributed by atoms with Crippen LogP contribution >= 0.6 is 10.5 Å². The molecule has 0 fully saturated rings. The molecule has 0 aliphatic carbocycles. The van der Waals surface area contributed by atoms with E-state index in [0.717, 1.165) is 30.8 Å². The van der Waals surface area contributed by atoms with Crippen LogP contribution in [0.2, 0.25) is 0 Å². The van der Waals surface area contributed by atoms with E-state index in [4.69, 9.17) is 0 Å². The molecule has 0 aliphatic heterocycles. The molecule has 0 bridgehead atoms. The van der Waals surface area contributed by atoms with Gasteiger partial charge in [0.1, 0.15) is 5.82 Å². The molecule has 3 rings (SSSR count). The van der Waals surface area contributed by atoms with Crippen molar-refractivity contribution in [3.63, 3.8) is 0 Å². The summed E-state index contributed by atoms with van der Waals surface area (Å²) in [4.78, 5) is 4.56. The highest BCUT2D eigenvalue weighted by atomic mass is 32.2. The maximum absolute atomic E-state index is 4.56. The van der Waals surface area contributed by atoms with E-state index in [2.05, 4.69) is 117 Å². The van der Waals surface area contributed by atoms with E-state index in [1.165, 1.54) is 40.0 Å². The van der Waals surface area contributed by atoms with Crippen molar-refractivity contribution in [3.8, 4) is 0 Å². The zero-order chi connectivity index (χ0) is 24.8. The Morgan fingerprint density at radius 2 is 1.71 bits per heavy atom. The molecule has 3 aromatic rings. The van der Waals surface area contributed by atoms with Crippen molar-refractivity contribution in [1.82, 2.24) is 4.98 Å². The summed E-state index contributed by atoms with van der Waals surface area (Å²) in [5, 5.41) is 3.46. The summed E-state index contributed by atoms with van der Waals surface area (Å²) in [5.74, 6) is 6.14. The number of rotatable bonds is 10. The van der Waals surface area contributed by atoms with E-state index >= 15 is 0 Å². The van der Waals surface area contributed by atoms with Gasteiger partial charge in [0.2, 0.25) is 0 Å². The molecule has 0 amide bonds. The van der Waals surface area contributed by atoms with E-state index in [9.17, 15) is 0 Å². The van der Waals surface area contributed by atoms with Gasteiger partial charge < -0.3 is 5.32 Å². The summed E-state index contributed by atoms with van der Waals surface area (Å²) < 4.78 is 0. The van der Waals surface area contributed by atoms with Crippen LogP contribution < -0.4 is 5.32 Å². The van der Waals surface area contributed by atoms with Crippen LogP contribution in [0.3, 0.4) is 0 Å². The molecule has 2 nitrogen and oxygen atoms in total. The van der Waals surface area contributed by atoms with Crippen LogP contribution in [0.1, 0.15) is 48.1 Å². The van der Waals surface area contributed by atoms with Gasteiger partial charge in [-0.3, -0.25) is 0 Å². The van der Waals surface area contributed by atoms with Crippen LogP contribution in [0.4, 0.5) is 5.82 Å². The SMILES string of the molecule is C=C/C(=C\c1ccccc1C)Nc1nccc(CC)c1CCC.C=S(C)CCc1ccccc1. The van der Waals surface area contributed by atoms with Crippen LogP contribution in [0.5, 0.6) is 0 Å². The number of allylic oxidation sites excluding steroid dienone is 1. The average molecular weight is 473 g/mol. The molecule has 3 heteroatoms. The van der Waals surface area contributed by atoms with Gasteiger partial charge in [0.05, 0.1) is 0 Å². The number of hydrogen-bond acceptors (Lipinski definition) is 2. The van der Waals surface area contributed by atoms with Crippen molar-refractivity contribution >= 4 is 28.2 Å². The Hall–Kier alpha value is -2.91. The van der Waals surface area contributed by atoms with Gasteiger partial charge in [-0.05, 0) is 84.2 Å². The largest absolute Gasteiger partial charge is 0.340 e. The van der Waals surface area contributed by atoms with E-state index in [1.807, 2.05) is 12.3 Å². The molecule has 0 spiro atoms. The first-order valence-corrected chi connectivity index (χ1v) is 14.0. The summed E-state index contributed by atoms with van der Waals surface area (Å²) in [5.41, 5.74) is 7.52. The third kappa shape index (κ3) is 9.15. The third-order valence-electron chi connectivity index (χ3n) is 5.60. The highest BCUT2D eigenvalue weighted by Gasteiger charge is 2.09. The Kier molecular flexibility index (Phi) is 12.1. The first-order chi connectivity index (χ1) is 16.5. The molecule has 0 saturated carbocycles. The minimum Gasteiger partial charge on any atom is -0.340 e. The number of nitrogens with one attached hydrogen (secondary N) is 1. The van der Waals surface area contributed by atoms with Crippen LogP contribution in [0.25, 0.3) is 6.08 Å². The van der Waals surface area contributed by atoms with Crippen molar-refractivity contribution in [2.75, 3.05) is 17.3 Å². The monoisotopic (exact) mass is 472 g/mol. The van der Waals surface area contributed by atoms with E-state index in [0.29, 0.717) is 10.5 Å². The fourth-order valence-electron chi connectivity index (χ4n) is 3.64. The molecule has 1 aromatic heterocycles. The number of aryl methyl sites for hydroxylation is 3. The summed E-state index contributed by atoms with van der Waals surface area (Å²) in [6.07, 6.45) is 12.4. The first kappa shape index (κ1) is 27.3. The van der Waals surface area contributed by atoms with Gasteiger partial charge in [-0.2, -0.15) is 10.5 Å². The van der Waals surface area contributed by atoms with Crippen LogP contribution in [0, 0.1) is 6.92 Å². The van der Waals surface area contributed by atoms with E-state index < -0.39 is 0 Å². The van der Waals surface area contributed by atoms with Crippen molar-refractivity contribution in [3.05, 3.63) is 113 Å². The Labute approximate surface area is 209 Å². The highest BCUT2D eigenvalue weighted by molar-refractivity contribution is 8.13. The third-order valence-corrected chi connectivity index (χ3v) is 6.50. The average Bonchev–Trinajstić information content (AvgIpc) is 2.85. The standard InChI is InChI=1S/C21H26N2.C10H14S/c1-5-10-20-17(6-2)13-14-22-21(20)23-19(7-3)15-18-12-9-8-11-16(18)4;1-11(2)9-8-10-6-4-3-5-7-10/h7-9,11-15H,3,5-6,10H2,1-2,4H3,(H,22,23);3-7H,1,8-9H2,2H3/b19-15+;. The summed E-state index contributed by atoms with van der Waals surface area (Å²) in [6.45, 7) is 10.5. The fourth-order valence-corrected chi connectivity index (χ4v) is 4.22. The molecular weight excluding hydrogens is 432 g/mol. The maximum atomic E-state index is 4.56. The van der Waals surface area contributed by atoms with Crippen LogP contribution in [0.15, 0.2) is 85.2 Å². The van der Waals surface area contributed by atoms with Gasteiger partial charge in [-0.15, -0.1) is 0 Å². The van der Waals surface area contributed by atoms with Gasteiger partial charge in [0, 0.05) is 11.9 Å². The summed E-state index contributed by atoms with van der Waals surface area (Å²) in [7, 11) is 0.334. The number of pyridine rings is 1. The molecule has 0 saturated heterocycles. The van der Waals surface area contributed by atoms with Crippen LogP contribution in [-0.2, 0) is 19.3 Å². The van der Waals surface area contributed by atoms with Gasteiger partial charge in [-0.1, -0.05) is 87.3 Å². The fraction of sp³-hybridized carbons (Fsp3) is 0.290. The number of hydrogen-bond donors (Lipinski definition) is 1. The lowest BCUT2D eigenvalue weighted by atomic mass is 10.0. The number of benzene rings is 2. The Bertz CT molecular complexity index is 1080. The number of nitrogens with zero attached hydrogens (tertiary/aromatic N) is 1. The molecule has 1 N–H and O–H groups in total. The Morgan fingerprint density at radius 3 is 2.32 bits per heavy atom. The second-order valence-corrected chi connectivity index (χ2v) is 10.4. The normalized spacial score (nSPS) is 11.8. The van der Waals surface area contributed by atoms with Crippen molar-refractivity contribution < 1.29 is 0 Å². The second-order valence-electron chi connectivity index (χ2n) is 8.41. The molecule has 2 aromatic carbocycles. The maximum Gasteiger partial charge on any atom is 0.133 e. The molecule has 34 heavy (non-hydrogen) atoms. The number of aromatic nitrogens is 1. The van der Waals surface area contributed by atoms with Crippen molar-refractivity contribution in [2.45, 2.75) is 46.5 Å². The van der Waals surface area contributed by atoms with Gasteiger partial charge in [0.25, 0.3) is 0 Å². The highest BCUT2D eigenvalue weighted by Crippen LogP contribution is 2.22. The minimum atomic E-state index is 0.334. The molecule has 1 atom stereocenters. The minimum absolute atomic E-state index is 0.334. The topological polar surface area (TPSA) is 24.9 Å². The predicted molar refractivity (Wildman–Crippen MR) is 156 cm³/mol. The zero-order valence-corrected chi connectivity index (χ0v) is 22.1. The molecule has 0 radical (unpaired) electrons. The number of anilines is 1. The molecule has 1 unspecified atom stereocenters. The molecule has 0 aliphatic rings.